The Labute approximate surface area is 106 Å². The highest BCUT2D eigenvalue weighted by atomic mass is 79.9. The van der Waals surface area contributed by atoms with Crippen LogP contribution in [0.25, 0.3) is 0 Å². The maximum Gasteiger partial charge on any atom is 0.0423 e. The van der Waals surface area contributed by atoms with E-state index in [9.17, 15) is 0 Å². The zero-order valence-corrected chi connectivity index (χ0v) is 11.5. The Kier molecular flexibility index (Phi) is 3.55. The number of rotatable bonds is 4. The number of hydrogen-bond donors (Lipinski definition) is 1. The number of hydrogen-bond acceptors (Lipinski definition) is 2. The molecule has 1 saturated carbocycles. The minimum absolute atomic E-state index is 0.582. The highest BCUT2D eigenvalue weighted by molar-refractivity contribution is 9.10. The molecular formula is C13H19BrN2. The van der Waals surface area contributed by atoms with Crippen molar-refractivity contribution >= 4 is 21.6 Å². The molecule has 1 aromatic rings. The predicted molar refractivity (Wildman–Crippen MR) is 72.6 cm³/mol. The van der Waals surface area contributed by atoms with Gasteiger partial charge in [-0.1, -0.05) is 22.0 Å². The van der Waals surface area contributed by atoms with Gasteiger partial charge >= 0.3 is 0 Å². The van der Waals surface area contributed by atoms with Crippen LogP contribution >= 0.6 is 15.9 Å². The van der Waals surface area contributed by atoms with Crippen molar-refractivity contribution in [3.8, 4) is 0 Å². The summed E-state index contributed by atoms with van der Waals surface area (Å²) in [6.07, 6.45) is 2.74. The summed E-state index contributed by atoms with van der Waals surface area (Å²) in [7, 11) is 2.17. The van der Waals surface area contributed by atoms with Crippen LogP contribution in [0.15, 0.2) is 22.7 Å². The first-order chi connectivity index (χ1) is 7.65. The maximum absolute atomic E-state index is 5.82. The Morgan fingerprint density at radius 2 is 2.19 bits per heavy atom. The van der Waals surface area contributed by atoms with Crippen LogP contribution in [-0.2, 0) is 6.54 Å². The molecule has 2 nitrogen and oxygen atoms in total. The molecule has 16 heavy (non-hydrogen) atoms. The summed E-state index contributed by atoms with van der Waals surface area (Å²) >= 11 is 3.57. The van der Waals surface area contributed by atoms with E-state index >= 15 is 0 Å². The zero-order valence-electron chi connectivity index (χ0n) is 9.91. The van der Waals surface area contributed by atoms with Gasteiger partial charge in [0, 0.05) is 35.4 Å². The van der Waals surface area contributed by atoms with E-state index in [1.54, 1.807) is 0 Å². The number of nitrogens with two attached hydrogens (primary N) is 1. The van der Waals surface area contributed by atoms with Gasteiger partial charge in [0.25, 0.3) is 0 Å². The minimum Gasteiger partial charge on any atom is -0.371 e. The third-order valence-corrected chi connectivity index (χ3v) is 4.34. The molecule has 0 spiro atoms. The minimum atomic E-state index is 0.582. The largest absolute Gasteiger partial charge is 0.371 e. The van der Waals surface area contributed by atoms with E-state index in [0.29, 0.717) is 12.6 Å². The second kappa shape index (κ2) is 4.76. The van der Waals surface area contributed by atoms with E-state index < -0.39 is 0 Å². The lowest BCUT2D eigenvalue weighted by atomic mass is 10.1. The Morgan fingerprint density at radius 3 is 2.75 bits per heavy atom. The van der Waals surface area contributed by atoms with Crippen molar-refractivity contribution in [2.24, 2.45) is 11.7 Å². The van der Waals surface area contributed by atoms with Crippen molar-refractivity contribution in [3.63, 3.8) is 0 Å². The van der Waals surface area contributed by atoms with E-state index in [0.717, 1.165) is 10.4 Å². The highest BCUT2D eigenvalue weighted by Crippen LogP contribution is 2.37. The van der Waals surface area contributed by atoms with E-state index in [2.05, 4.69) is 53.0 Å². The molecule has 0 aliphatic heterocycles. The molecule has 0 aromatic heterocycles. The summed E-state index contributed by atoms with van der Waals surface area (Å²) in [4.78, 5) is 2.37. The molecule has 1 atom stereocenters. The van der Waals surface area contributed by atoms with Gasteiger partial charge in [0.15, 0.2) is 0 Å². The van der Waals surface area contributed by atoms with Crippen molar-refractivity contribution in [2.75, 3.05) is 11.9 Å². The summed E-state index contributed by atoms with van der Waals surface area (Å²) in [5.41, 5.74) is 8.29. The van der Waals surface area contributed by atoms with E-state index in [1.807, 2.05) is 0 Å². The average Bonchev–Trinajstić information content (AvgIpc) is 3.10. The monoisotopic (exact) mass is 282 g/mol. The van der Waals surface area contributed by atoms with Crippen molar-refractivity contribution < 1.29 is 0 Å². The third-order valence-electron chi connectivity index (χ3n) is 3.59. The summed E-state index contributed by atoms with van der Waals surface area (Å²) in [6, 6.07) is 6.90. The van der Waals surface area contributed by atoms with Crippen LogP contribution in [0.4, 0.5) is 5.69 Å². The molecule has 1 aliphatic rings. The fourth-order valence-corrected chi connectivity index (χ4v) is 2.71. The second-order valence-corrected chi connectivity index (χ2v) is 5.48. The van der Waals surface area contributed by atoms with Crippen LogP contribution < -0.4 is 10.6 Å². The first-order valence-corrected chi connectivity index (χ1v) is 6.64. The molecule has 2 N–H and O–H groups in total. The van der Waals surface area contributed by atoms with Gasteiger partial charge in [-0.3, -0.25) is 0 Å². The van der Waals surface area contributed by atoms with Gasteiger partial charge < -0.3 is 10.6 Å². The molecule has 88 valence electrons. The Bertz CT molecular complexity index is 374. The van der Waals surface area contributed by atoms with Crippen LogP contribution in [-0.4, -0.2) is 13.1 Å². The zero-order chi connectivity index (χ0) is 11.7. The quantitative estimate of drug-likeness (QED) is 0.919. The molecule has 1 aromatic carbocycles. The molecule has 3 heteroatoms. The predicted octanol–water partition coefficient (Wildman–Crippen LogP) is 3.14. The van der Waals surface area contributed by atoms with Gasteiger partial charge in [0.1, 0.15) is 0 Å². The Hall–Kier alpha value is -0.540. The number of benzene rings is 1. The summed E-state index contributed by atoms with van der Waals surface area (Å²) in [5, 5.41) is 0. The number of nitrogens with zero attached hydrogens (tertiary/aromatic N) is 1. The van der Waals surface area contributed by atoms with Gasteiger partial charge in [-0.25, -0.2) is 0 Å². The normalized spacial score (nSPS) is 17.2. The topological polar surface area (TPSA) is 29.3 Å². The van der Waals surface area contributed by atoms with Crippen LogP contribution in [0.1, 0.15) is 25.3 Å². The maximum atomic E-state index is 5.82. The van der Waals surface area contributed by atoms with Crippen molar-refractivity contribution in [3.05, 3.63) is 28.2 Å². The van der Waals surface area contributed by atoms with Crippen LogP contribution in [0, 0.1) is 5.92 Å². The van der Waals surface area contributed by atoms with E-state index in [-0.39, 0.29) is 0 Å². The van der Waals surface area contributed by atoms with Crippen molar-refractivity contribution in [2.45, 2.75) is 32.4 Å². The fourth-order valence-electron chi connectivity index (χ4n) is 2.19. The molecule has 1 unspecified atom stereocenters. The molecule has 2 rings (SSSR count). The standard InChI is InChI=1S/C13H19BrN2/c1-9(10-6-7-10)16(2)13-5-3-4-12(14)11(13)8-15/h3-5,9-10H,6-8,15H2,1-2H3. The van der Waals surface area contributed by atoms with Gasteiger partial charge in [0.2, 0.25) is 0 Å². The second-order valence-electron chi connectivity index (χ2n) is 4.63. The summed E-state index contributed by atoms with van der Waals surface area (Å²) in [6.45, 7) is 2.89. The molecule has 1 aliphatic carbocycles. The molecule has 0 amide bonds. The van der Waals surface area contributed by atoms with Crippen LogP contribution in [0.2, 0.25) is 0 Å². The Balaban J connectivity index is 2.27. The van der Waals surface area contributed by atoms with Crippen molar-refractivity contribution in [1.29, 1.82) is 0 Å². The van der Waals surface area contributed by atoms with Gasteiger partial charge in [0.05, 0.1) is 0 Å². The lowest BCUT2D eigenvalue weighted by Crippen LogP contribution is -2.31. The molecule has 0 saturated heterocycles. The number of anilines is 1. The Morgan fingerprint density at radius 1 is 1.50 bits per heavy atom. The fraction of sp³-hybridized carbons (Fsp3) is 0.538. The molecule has 0 radical (unpaired) electrons. The van der Waals surface area contributed by atoms with Crippen LogP contribution in [0.3, 0.4) is 0 Å². The van der Waals surface area contributed by atoms with E-state index in [1.165, 1.54) is 24.1 Å². The van der Waals surface area contributed by atoms with Gasteiger partial charge in [-0.05, 0) is 37.8 Å². The van der Waals surface area contributed by atoms with Gasteiger partial charge in [-0.2, -0.15) is 0 Å². The summed E-state index contributed by atoms with van der Waals surface area (Å²) in [5.74, 6) is 0.870. The van der Waals surface area contributed by atoms with Crippen molar-refractivity contribution in [1.82, 2.24) is 0 Å². The average molecular weight is 283 g/mol. The number of halogens is 1. The first kappa shape index (κ1) is 11.9. The lowest BCUT2D eigenvalue weighted by molar-refractivity contribution is 0.607. The SMILES string of the molecule is CC(C1CC1)N(C)c1cccc(Br)c1CN. The van der Waals surface area contributed by atoms with Gasteiger partial charge in [-0.15, -0.1) is 0 Å². The third kappa shape index (κ3) is 2.25. The van der Waals surface area contributed by atoms with E-state index in [4.69, 9.17) is 5.73 Å². The highest BCUT2D eigenvalue weighted by Gasteiger charge is 2.31. The lowest BCUT2D eigenvalue weighted by Gasteiger charge is -2.29. The molecule has 0 heterocycles. The smallest absolute Gasteiger partial charge is 0.0423 e. The molecule has 0 bridgehead atoms. The first-order valence-electron chi connectivity index (χ1n) is 5.85. The molecular weight excluding hydrogens is 264 g/mol. The molecule has 1 fully saturated rings. The van der Waals surface area contributed by atoms with Crippen LogP contribution in [0.5, 0.6) is 0 Å². The summed E-state index contributed by atoms with van der Waals surface area (Å²) < 4.78 is 1.11.